The standard InChI is InChI=1S/C26H33NO6/c1-20(2)33-19-30-16-17-32-26(29)22-11-13-24(14-12-22)31-15-6-4-5-10-25(28)27-23-9-7-8-21(3)18-23/h7-9,11-14,18H,1,4-6,10,15-17,19H2,2-3H3,(H,27,28). The number of nitrogens with one attached hydrogen (secondary N) is 1. The van der Waals surface area contributed by atoms with Gasteiger partial charge in [0.1, 0.15) is 12.4 Å². The zero-order chi connectivity index (χ0) is 23.9. The third kappa shape index (κ3) is 11.2. The highest BCUT2D eigenvalue weighted by atomic mass is 16.7. The molecule has 2 rings (SSSR count). The summed E-state index contributed by atoms with van der Waals surface area (Å²) in [6.07, 6.45) is 3.02. The average molecular weight is 456 g/mol. The van der Waals surface area contributed by atoms with E-state index in [0.717, 1.165) is 30.5 Å². The molecule has 0 aromatic heterocycles. The molecule has 0 heterocycles. The number of amides is 1. The van der Waals surface area contributed by atoms with Crippen molar-refractivity contribution in [3.05, 3.63) is 72.0 Å². The minimum atomic E-state index is -0.421. The van der Waals surface area contributed by atoms with Crippen LogP contribution in [0.4, 0.5) is 5.69 Å². The van der Waals surface area contributed by atoms with E-state index in [4.69, 9.17) is 18.9 Å². The summed E-state index contributed by atoms with van der Waals surface area (Å²) in [5.41, 5.74) is 2.39. The first kappa shape index (κ1) is 25.9. The van der Waals surface area contributed by atoms with Gasteiger partial charge in [0.2, 0.25) is 5.91 Å². The molecule has 2 aromatic rings. The van der Waals surface area contributed by atoms with Crippen LogP contribution in [0.1, 0.15) is 48.5 Å². The van der Waals surface area contributed by atoms with E-state index >= 15 is 0 Å². The number of carbonyl (C=O) groups excluding carboxylic acids is 2. The maximum Gasteiger partial charge on any atom is 0.338 e. The number of allylic oxidation sites excluding steroid dienone is 1. The topological polar surface area (TPSA) is 83.1 Å². The van der Waals surface area contributed by atoms with Gasteiger partial charge in [0.15, 0.2) is 6.79 Å². The second kappa shape index (κ2) is 14.7. The molecule has 2 aromatic carbocycles. The Kier molecular flexibility index (Phi) is 11.5. The molecular weight excluding hydrogens is 422 g/mol. The van der Waals surface area contributed by atoms with Crippen LogP contribution < -0.4 is 10.1 Å². The van der Waals surface area contributed by atoms with Gasteiger partial charge in [-0.05, 0) is 75.1 Å². The first-order chi connectivity index (χ1) is 15.9. The van der Waals surface area contributed by atoms with Gasteiger partial charge in [-0.1, -0.05) is 18.7 Å². The SMILES string of the molecule is C=C(C)OCOCCOC(=O)c1ccc(OCCCCCC(=O)Nc2cccc(C)c2)cc1. The van der Waals surface area contributed by atoms with Crippen molar-refractivity contribution in [2.45, 2.75) is 39.5 Å². The summed E-state index contributed by atoms with van der Waals surface area (Å²) in [7, 11) is 0. The maximum absolute atomic E-state index is 12.0. The molecule has 0 saturated heterocycles. The Labute approximate surface area is 195 Å². The Balaban J connectivity index is 1.54. The second-order valence-electron chi connectivity index (χ2n) is 7.61. The lowest BCUT2D eigenvalue weighted by atomic mass is 10.2. The van der Waals surface area contributed by atoms with Crippen LogP contribution in [-0.4, -0.2) is 38.5 Å². The molecule has 178 valence electrons. The number of anilines is 1. The quantitative estimate of drug-likeness (QED) is 0.171. The molecular formula is C26H33NO6. The van der Waals surface area contributed by atoms with Crippen molar-refractivity contribution in [3.8, 4) is 5.75 Å². The van der Waals surface area contributed by atoms with E-state index in [9.17, 15) is 9.59 Å². The number of aryl methyl sites for hydroxylation is 1. The van der Waals surface area contributed by atoms with Gasteiger partial charge >= 0.3 is 5.97 Å². The van der Waals surface area contributed by atoms with Crippen molar-refractivity contribution in [3.63, 3.8) is 0 Å². The Morgan fingerprint density at radius 1 is 0.939 bits per heavy atom. The van der Waals surface area contributed by atoms with E-state index in [1.165, 1.54) is 0 Å². The third-order valence-corrected chi connectivity index (χ3v) is 4.56. The van der Waals surface area contributed by atoms with Crippen LogP contribution in [0.2, 0.25) is 0 Å². The average Bonchev–Trinajstić information content (AvgIpc) is 2.78. The van der Waals surface area contributed by atoms with Gasteiger partial charge in [-0.3, -0.25) is 4.79 Å². The number of esters is 1. The van der Waals surface area contributed by atoms with Crippen LogP contribution in [0.5, 0.6) is 5.75 Å². The number of benzene rings is 2. The van der Waals surface area contributed by atoms with Crippen LogP contribution in [0, 0.1) is 6.92 Å². The van der Waals surface area contributed by atoms with E-state index in [0.29, 0.717) is 30.1 Å². The molecule has 0 aliphatic carbocycles. The zero-order valence-corrected chi connectivity index (χ0v) is 19.4. The fourth-order valence-electron chi connectivity index (χ4n) is 2.87. The molecule has 7 nitrogen and oxygen atoms in total. The van der Waals surface area contributed by atoms with Gasteiger partial charge in [0.05, 0.1) is 24.5 Å². The Bertz CT molecular complexity index is 894. The Hall–Kier alpha value is -3.32. The van der Waals surface area contributed by atoms with Crippen LogP contribution >= 0.6 is 0 Å². The molecule has 7 heteroatoms. The van der Waals surface area contributed by atoms with Gasteiger partial charge in [0, 0.05) is 12.1 Å². The van der Waals surface area contributed by atoms with E-state index < -0.39 is 5.97 Å². The largest absolute Gasteiger partial charge is 0.494 e. The predicted octanol–water partition coefficient (Wildman–Crippen LogP) is 5.25. The van der Waals surface area contributed by atoms with Gasteiger partial charge < -0.3 is 24.3 Å². The highest BCUT2D eigenvalue weighted by Gasteiger charge is 2.07. The fourth-order valence-corrected chi connectivity index (χ4v) is 2.87. The maximum atomic E-state index is 12.0. The minimum absolute atomic E-state index is 0.0238. The molecule has 0 fully saturated rings. The molecule has 0 spiro atoms. The third-order valence-electron chi connectivity index (χ3n) is 4.56. The zero-order valence-electron chi connectivity index (χ0n) is 19.4. The summed E-state index contributed by atoms with van der Waals surface area (Å²) >= 11 is 0. The normalized spacial score (nSPS) is 10.4. The summed E-state index contributed by atoms with van der Waals surface area (Å²) in [6.45, 7) is 8.32. The summed E-state index contributed by atoms with van der Waals surface area (Å²) in [4.78, 5) is 24.0. The summed E-state index contributed by atoms with van der Waals surface area (Å²) in [5.74, 6) is 0.852. The van der Waals surface area contributed by atoms with Crippen molar-refractivity contribution < 1.29 is 28.5 Å². The van der Waals surface area contributed by atoms with E-state index in [1.807, 2.05) is 31.2 Å². The van der Waals surface area contributed by atoms with Crippen molar-refractivity contribution in [1.82, 2.24) is 0 Å². The van der Waals surface area contributed by atoms with Crippen molar-refractivity contribution in [2.24, 2.45) is 0 Å². The molecule has 33 heavy (non-hydrogen) atoms. The molecule has 0 saturated carbocycles. The molecule has 0 unspecified atom stereocenters. The lowest BCUT2D eigenvalue weighted by molar-refractivity contribution is -0.116. The predicted molar refractivity (Wildman–Crippen MR) is 127 cm³/mol. The molecule has 0 atom stereocenters. The van der Waals surface area contributed by atoms with Crippen LogP contribution in [0.3, 0.4) is 0 Å². The van der Waals surface area contributed by atoms with Crippen LogP contribution in [0.15, 0.2) is 60.9 Å². The van der Waals surface area contributed by atoms with Crippen molar-refractivity contribution in [2.75, 3.05) is 31.9 Å². The molecule has 1 amide bonds. The number of carbonyl (C=O) groups is 2. The van der Waals surface area contributed by atoms with Crippen molar-refractivity contribution in [1.29, 1.82) is 0 Å². The lowest BCUT2D eigenvalue weighted by Crippen LogP contribution is -2.12. The van der Waals surface area contributed by atoms with E-state index in [2.05, 4.69) is 11.9 Å². The van der Waals surface area contributed by atoms with Crippen LogP contribution in [-0.2, 0) is 19.0 Å². The molecule has 0 bridgehead atoms. The Morgan fingerprint density at radius 3 is 2.45 bits per heavy atom. The van der Waals surface area contributed by atoms with Gasteiger partial charge in [-0.2, -0.15) is 0 Å². The van der Waals surface area contributed by atoms with Gasteiger partial charge in [-0.25, -0.2) is 4.79 Å². The summed E-state index contributed by atoms with van der Waals surface area (Å²) < 4.78 is 21.1. The van der Waals surface area contributed by atoms with Gasteiger partial charge in [0.25, 0.3) is 0 Å². The molecule has 0 radical (unpaired) electrons. The highest BCUT2D eigenvalue weighted by Crippen LogP contribution is 2.14. The first-order valence-corrected chi connectivity index (χ1v) is 11.1. The number of hydrogen-bond acceptors (Lipinski definition) is 6. The number of hydrogen-bond donors (Lipinski definition) is 1. The molecule has 1 N–H and O–H groups in total. The van der Waals surface area contributed by atoms with Crippen LogP contribution in [0.25, 0.3) is 0 Å². The lowest BCUT2D eigenvalue weighted by Gasteiger charge is -2.09. The van der Waals surface area contributed by atoms with Gasteiger partial charge in [-0.15, -0.1) is 0 Å². The molecule has 0 aliphatic heterocycles. The smallest absolute Gasteiger partial charge is 0.338 e. The number of ether oxygens (including phenoxy) is 4. The highest BCUT2D eigenvalue weighted by molar-refractivity contribution is 5.90. The Morgan fingerprint density at radius 2 is 1.73 bits per heavy atom. The van der Waals surface area contributed by atoms with Crippen molar-refractivity contribution >= 4 is 17.6 Å². The summed E-state index contributed by atoms with van der Waals surface area (Å²) in [5, 5.41) is 2.92. The molecule has 0 aliphatic rings. The second-order valence-corrected chi connectivity index (χ2v) is 7.61. The monoisotopic (exact) mass is 455 g/mol. The van der Waals surface area contributed by atoms with E-state index in [-0.39, 0.29) is 25.9 Å². The first-order valence-electron chi connectivity index (χ1n) is 11.1. The van der Waals surface area contributed by atoms with E-state index in [1.54, 1.807) is 31.2 Å². The summed E-state index contributed by atoms with van der Waals surface area (Å²) in [6, 6.07) is 14.6. The number of rotatable bonds is 15. The number of unbranched alkanes of at least 4 members (excludes halogenated alkanes) is 2. The fraction of sp³-hybridized carbons (Fsp3) is 0.385. The minimum Gasteiger partial charge on any atom is -0.494 e.